The predicted molar refractivity (Wildman–Crippen MR) is 103 cm³/mol. The standard InChI is InChI=1S/C20H18N6O2/c21-9-14-7-13(3-5-15(14)23-10-11-1-2-11)19-25-18(26-28-19)12-4-6-17-16(8-12)24-20(22)27-17/h3-8,11,20,23-24H,1-2,10,22H2. The third-order valence-electron chi connectivity index (χ3n) is 4.88. The van der Waals surface area contributed by atoms with Crippen LogP contribution in [0.5, 0.6) is 5.75 Å². The van der Waals surface area contributed by atoms with Crippen LogP contribution in [0.1, 0.15) is 18.4 Å². The number of ether oxygens (including phenoxy) is 1. The number of hydrogen-bond donors (Lipinski definition) is 3. The molecule has 8 heteroatoms. The summed E-state index contributed by atoms with van der Waals surface area (Å²) in [4.78, 5) is 4.48. The van der Waals surface area contributed by atoms with Gasteiger partial charge in [-0.2, -0.15) is 10.2 Å². The Morgan fingerprint density at radius 3 is 2.89 bits per heavy atom. The highest BCUT2D eigenvalue weighted by Crippen LogP contribution is 2.35. The fourth-order valence-corrected chi connectivity index (χ4v) is 3.16. The normalized spacial score (nSPS) is 17.4. The molecule has 0 radical (unpaired) electrons. The van der Waals surface area contributed by atoms with E-state index in [0.29, 0.717) is 28.6 Å². The molecule has 1 fully saturated rings. The highest BCUT2D eigenvalue weighted by molar-refractivity contribution is 5.71. The fraction of sp³-hybridized carbons (Fsp3) is 0.250. The molecule has 5 rings (SSSR count). The number of anilines is 2. The van der Waals surface area contributed by atoms with E-state index in [0.717, 1.165) is 29.4 Å². The van der Waals surface area contributed by atoms with Gasteiger partial charge in [0, 0.05) is 17.7 Å². The Kier molecular flexibility index (Phi) is 3.88. The Morgan fingerprint density at radius 2 is 2.07 bits per heavy atom. The first-order valence-corrected chi connectivity index (χ1v) is 9.15. The lowest BCUT2D eigenvalue weighted by Gasteiger charge is -2.07. The first-order chi connectivity index (χ1) is 13.7. The molecule has 0 amide bonds. The SMILES string of the molecule is N#Cc1cc(-c2nc(-c3ccc4c(c3)NC(N)O4)no2)ccc1NCC1CC1. The number of rotatable bonds is 5. The molecule has 140 valence electrons. The third kappa shape index (κ3) is 3.12. The van der Waals surface area contributed by atoms with Crippen molar-refractivity contribution >= 4 is 11.4 Å². The van der Waals surface area contributed by atoms with Gasteiger partial charge in [0.1, 0.15) is 11.8 Å². The van der Waals surface area contributed by atoms with Gasteiger partial charge in [0.2, 0.25) is 12.2 Å². The maximum atomic E-state index is 9.48. The van der Waals surface area contributed by atoms with Crippen LogP contribution in [0.2, 0.25) is 0 Å². The molecule has 0 bridgehead atoms. The molecule has 2 aromatic carbocycles. The van der Waals surface area contributed by atoms with Gasteiger partial charge in [-0.3, -0.25) is 5.73 Å². The molecule has 1 atom stereocenters. The van der Waals surface area contributed by atoms with E-state index in [4.69, 9.17) is 15.0 Å². The van der Waals surface area contributed by atoms with Crippen molar-refractivity contribution in [3.05, 3.63) is 42.0 Å². The van der Waals surface area contributed by atoms with E-state index in [1.54, 1.807) is 6.07 Å². The van der Waals surface area contributed by atoms with Crippen LogP contribution in [0.3, 0.4) is 0 Å². The largest absolute Gasteiger partial charge is 0.456 e. The monoisotopic (exact) mass is 374 g/mol. The molecule has 28 heavy (non-hydrogen) atoms. The Labute approximate surface area is 161 Å². The van der Waals surface area contributed by atoms with E-state index in [1.807, 2.05) is 30.3 Å². The van der Waals surface area contributed by atoms with Gasteiger partial charge in [-0.05, 0) is 55.2 Å². The number of nitrogens with one attached hydrogen (secondary N) is 2. The second-order valence-corrected chi connectivity index (χ2v) is 7.01. The van der Waals surface area contributed by atoms with Crippen LogP contribution in [-0.4, -0.2) is 23.0 Å². The van der Waals surface area contributed by atoms with Crippen LogP contribution in [0.4, 0.5) is 11.4 Å². The number of benzene rings is 2. The van der Waals surface area contributed by atoms with Crippen LogP contribution < -0.4 is 21.1 Å². The highest BCUT2D eigenvalue weighted by Gasteiger charge is 2.22. The van der Waals surface area contributed by atoms with Crippen LogP contribution in [0, 0.1) is 17.2 Å². The summed E-state index contributed by atoms with van der Waals surface area (Å²) < 4.78 is 10.8. The number of nitriles is 1. The molecular weight excluding hydrogens is 356 g/mol. The molecule has 4 N–H and O–H groups in total. The molecule has 2 heterocycles. The van der Waals surface area contributed by atoms with Crippen molar-refractivity contribution in [2.75, 3.05) is 17.2 Å². The number of hydrogen-bond acceptors (Lipinski definition) is 8. The average Bonchev–Trinajstić information content (AvgIpc) is 3.26. The van der Waals surface area contributed by atoms with Gasteiger partial charge in [-0.25, -0.2) is 0 Å². The average molecular weight is 374 g/mol. The van der Waals surface area contributed by atoms with Crippen LogP contribution in [-0.2, 0) is 0 Å². The number of aromatic nitrogens is 2. The first-order valence-electron chi connectivity index (χ1n) is 9.15. The minimum Gasteiger partial charge on any atom is -0.456 e. The maximum absolute atomic E-state index is 9.48. The summed E-state index contributed by atoms with van der Waals surface area (Å²) in [5, 5.41) is 19.9. The lowest BCUT2D eigenvalue weighted by molar-refractivity contribution is 0.262. The van der Waals surface area contributed by atoms with Gasteiger partial charge in [0.15, 0.2) is 0 Å². The second kappa shape index (κ2) is 6.55. The van der Waals surface area contributed by atoms with Crippen molar-refractivity contribution in [1.82, 2.24) is 10.1 Å². The molecule has 8 nitrogen and oxygen atoms in total. The molecule has 1 aliphatic carbocycles. The Bertz CT molecular complexity index is 1080. The van der Waals surface area contributed by atoms with Crippen LogP contribution in [0.25, 0.3) is 22.8 Å². The minimum absolute atomic E-state index is 0.363. The van der Waals surface area contributed by atoms with Gasteiger partial charge in [0.25, 0.3) is 5.89 Å². The van der Waals surface area contributed by atoms with E-state index >= 15 is 0 Å². The Hall–Kier alpha value is -3.57. The molecule has 2 aliphatic rings. The van der Waals surface area contributed by atoms with E-state index in [2.05, 4.69) is 26.8 Å². The number of nitrogens with zero attached hydrogens (tertiary/aromatic N) is 3. The summed E-state index contributed by atoms with van der Waals surface area (Å²) >= 11 is 0. The lowest BCUT2D eigenvalue weighted by atomic mass is 10.1. The zero-order chi connectivity index (χ0) is 19.1. The zero-order valence-corrected chi connectivity index (χ0v) is 15.0. The molecule has 1 aromatic heterocycles. The minimum atomic E-state index is -0.553. The summed E-state index contributed by atoms with van der Waals surface area (Å²) in [5.41, 5.74) is 9.39. The smallest absolute Gasteiger partial charge is 0.258 e. The van der Waals surface area contributed by atoms with Crippen molar-refractivity contribution in [2.45, 2.75) is 19.2 Å². The molecule has 1 saturated carbocycles. The molecule has 0 spiro atoms. The van der Waals surface area contributed by atoms with E-state index < -0.39 is 6.35 Å². The molecule has 0 saturated heterocycles. The van der Waals surface area contributed by atoms with Crippen molar-refractivity contribution in [2.24, 2.45) is 11.7 Å². The maximum Gasteiger partial charge on any atom is 0.258 e. The molecule has 1 unspecified atom stereocenters. The first kappa shape index (κ1) is 16.6. The topological polar surface area (TPSA) is 122 Å². The van der Waals surface area contributed by atoms with E-state index in [1.165, 1.54) is 12.8 Å². The van der Waals surface area contributed by atoms with Crippen LogP contribution >= 0.6 is 0 Å². The fourth-order valence-electron chi connectivity index (χ4n) is 3.16. The molecule has 1 aliphatic heterocycles. The molecule has 3 aromatic rings. The van der Waals surface area contributed by atoms with Gasteiger partial charge < -0.3 is 19.9 Å². The van der Waals surface area contributed by atoms with E-state index in [-0.39, 0.29) is 0 Å². The summed E-state index contributed by atoms with van der Waals surface area (Å²) in [5.74, 6) is 2.23. The second-order valence-electron chi connectivity index (χ2n) is 7.01. The summed E-state index contributed by atoms with van der Waals surface area (Å²) in [6, 6.07) is 13.3. The van der Waals surface area contributed by atoms with Crippen LogP contribution in [0.15, 0.2) is 40.9 Å². The van der Waals surface area contributed by atoms with Gasteiger partial charge in [0.05, 0.1) is 16.9 Å². The third-order valence-corrected chi connectivity index (χ3v) is 4.88. The summed E-state index contributed by atoms with van der Waals surface area (Å²) in [6.07, 6.45) is 1.96. The van der Waals surface area contributed by atoms with Crippen molar-refractivity contribution < 1.29 is 9.26 Å². The van der Waals surface area contributed by atoms with Crippen molar-refractivity contribution in [3.63, 3.8) is 0 Å². The highest BCUT2D eigenvalue weighted by atomic mass is 16.5. The Balaban J connectivity index is 1.40. The lowest BCUT2D eigenvalue weighted by Crippen LogP contribution is -2.30. The summed E-state index contributed by atoms with van der Waals surface area (Å²) in [6.45, 7) is 0.901. The number of nitrogens with two attached hydrogens (primary N) is 1. The predicted octanol–water partition coefficient (Wildman–Crippen LogP) is 3.14. The van der Waals surface area contributed by atoms with E-state index in [9.17, 15) is 5.26 Å². The van der Waals surface area contributed by atoms with Crippen molar-refractivity contribution in [1.29, 1.82) is 5.26 Å². The van der Waals surface area contributed by atoms with Crippen molar-refractivity contribution in [3.8, 4) is 34.7 Å². The quantitative estimate of drug-likeness (QED) is 0.622. The van der Waals surface area contributed by atoms with Gasteiger partial charge >= 0.3 is 0 Å². The van der Waals surface area contributed by atoms with Gasteiger partial charge in [-0.15, -0.1) is 0 Å². The molecular formula is C20H18N6O2. The number of fused-ring (bicyclic) bond motifs is 1. The summed E-state index contributed by atoms with van der Waals surface area (Å²) in [7, 11) is 0. The van der Waals surface area contributed by atoms with Gasteiger partial charge in [-0.1, -0.05) is 5.16 Å². The zero-order valence-electron chi connectivity index (χ0n) is 15.0. The Morgan fingerprint density at radius 1 is 1.21 bits per heavy atom.